The third-order valence-corrected chi connectivity index (χ3v) is 3.88. The molecule has 3 aliphatic rings. The third-order valence-electron chi connectivity index (χ3n) is 3.88. The van der Waals surface area contributed by atoms with Gasteiger partial charge in [0.1, 0.15) is 0 Å². The summed E-state index contributed by atoms with van der Waals surface area (Å²) in [5.74, 6) is 1.20. The molecule has 0 radical (unpaired) electrons. The first-order valence-electron chi connectivity index (χ1n) is 5.87. The van der Waals surface area contributed by atoms with Crippen molar-refractivity contribution in [3.05, 3.63) is 0 Å². The van der Waals surface area contributed by atoms with Gasteiger partial charge in [0.2, 0.25) is 0 Å². The minimum absolute atomic E-state index is 0. The number of nitrogens with zero attached hydrogens (tertiary/aromatic N) is 1. The number of aliphatic imine (C=N–C) groups is 1. The maximum Gasteiger partial charge on any atom is 0.170 e. The Labute approximate surface area is 102 Å². The molecule has 1 spiro atoms. The number of rotatable bonds is 0. The van der Waals surface area contributed by atoms with E-state index < -0.39 is 0 Å². The lowest BCUT2D eigenvalue weighted by Crippen LogP contribution is -2.44. The van der Waals surface area contributed by atoms with Gasteiger partial charge in [-0.3, -0.25) is 4.99 Å². The van der Waals surface area contributed by atoms with Gasteiger partial charge in [-0.2, -0.15) is 0 Å². The van der Waals surface area contributed by atoms with Gasteiger partial charge < -0.3 is 15.2 Å². The van der Waals surface area contributed by atoms with Crippen LogP contribution in [0.3, 0.4) is 0 Å². The third kappa shape index (κ3) is 2.06. The summed E-state index contributed by atoms with van der Waals surface area (Å²) in [6.45, 7) is 1.47. The predicted molar refractivity (Wildman–Crippen MR) is 63.9 cm³/mol. The highest BCUT2D eigenvalue weighted by atomic mass is 35.5. The van der Waals surface area contributed by atoms with Gasteiger partial charge in [0.15, 0.2) is 5.79 Å². The molecule has 2 heterocycles. The van der Waals surface area contributed by atoms with Crippen LogP contribution in [-0.4, -0.2) is 30.9 Å². The summed E-state index contributed by atoms with van der Waals surface area (Å²) >= 11 is 0. The van der Waals surface area contributed by atoms with E-state index in [0.717, 1.165) is 38.3 Å². The Morgan fingerprint density at radius 1 is 1.25 bits per heavy atom. The minimum Gasteiger partial charge on any atom is -0.387 e. The van der Waals surface area contributed by atoms with Crippen molar-refractivity contribution in [2.45, 2.75) is 43.9 Å². The van der Waals surface area contributed by atoms with E-state index in [1.165, 1.54) is 12.8 Å². The van der Waals surface area contributed by atoms with Crippen LogP contribution in [-0.2, 0) is 9.47 Å². The molecule has 0 bridgehead atoms. The highest BCUT2D eigenvalue weighted by molar-refractivity contribution is 5.85. The van der Waals surface area contributed by atoms with Crippen molar-refractivity contribution in [1.29, 1.82) is 0 Å². The van der Waals surface area contributed by atoms with Crippen LogP contribution in [0.25, 0.3) is 0 Å². The van der Waals surface area contributed by atoms with Crippen LogP contribution in [0.4, 0.5) is 0 Å². The van der Waals surface area contributed by atoms with E-state index in [-0.39, 0.29) is 18.2 Å². The summed E-state index contributed by atoms with van der Waals surface area (Å²) in [6, 6.07) is 0.339. The van der Waals surface area contributed by atoms with E-state index in [2.05, 4.69) is 4.99 Å². The number of ether oxygens (including phenoxy) is 2. The van der Waals surface area contributed by atoms with E-state index in [1.54, 1.807) is 0 Å². The number of halogens is 1. The first-order valence-corrected chi connectivity index (χ1v) is 5.87. The molecule has 2 N–H and O–H groups in total. The number of nitrogens with two attached hydrogens (primary N) is 1. The van der Waals surface area contributed by atoms with Gasteiger partial charge in [0.25, 0.3) is 0 Å². The van der Waals surface area contributed by atoms with E-state index in [9.17, 15) is 0 Å². The van der Waals surface area contributed by atoms with Crippen molar-refractivity contribution in [3.63, 3.8) is 0 Å². The summed E-state index contributed by atoms with van der Waals surface area (Å²) in [5.41, 5.74) is 5.80. The zero-order valence-electron chi connectivity index (χ0n) is 9.35. The van der Waals surface area contributed by atoms with Crippen LogP contribution in [0.5, 0.6) is 0 Å². The monoisotopic (exact) mass is 246 g/mol. The maximum absolute atomic E-state index is 5.80. The van der Waals surface area contributed by atoms with Gasteiger partial charge in [-0.1, -0.05) is 0 Å². The first kappa shape index (κ1) is 12.1. The summed E-state index contributed by atoms with van der Waals surface area (Å²) < 4.78 is 11.5. The van der Waals surface area contributed by atoms with Crippen molar-refractivity contribution in [1.82, 2.24) is 0 Å². The molecule has 2 unspecified atom stereocenters. The van der Waals surface area contributed by atoms with E-state index >= 15 is 0 Å². The molecule has 5 heteroatoms. The lowest BCUT2D eigenvalue weighted by molar-refractivity contribution is -0.186. The average Bonchev–Trinajstić information content (AvgIpc) is 2.66. The van der Waals surface area contributed by atoms with Gasteiger partial charge in [-0.05, 0) is 18.8 Å². The second-order valence-corrected chi connectivity index (χ2v) is 4.84. The lowest BCUT2D eigenvalue weighted by Gasteiger charge is -2.41. The Hall–Kier alpha value is -0.320. The number of hydrogen-bond acceptors (Lipinski definition) is 4. The molecule has 2 aliphatic heterocycles. The Kier molecular flexibility index (Phi) is 3.42. The molecule has 0 aromatic carbocycles. The van der Waals surface area contributed by atoms with Crippen LogP contribution < -0.4 is 5.73 Å². The van der Waals surface area contributed by atoms with Crippen LogP contribution in [0.15, 0.2) is 4.99 Å². The van der Waals surface area contributed by atoms with Crippen LogP contribution in [0, 0.1) is 5.92 Å². The summed E-state index contributed by atoms with van der Waals surface area (Å²) in [6.07, 6.45) is 5.26. The fraction of sp³-hybridized carbons (Fsp3) is 0.909. The summed E-state index contributed by atoms with van der Waals surface area (Å²) in [7, 11) is 0. The van der Waals surface area contributed by atoms with Crippen molar-refractivity contribution < 1.29 is 9.47 Å². The van der Waals surface area contributed by atoms with Gasteiger partial charge in [-0.15, -0.1) is 12.4 Å². The molecule has 0 aromatic rings. The summed E-state index contributed by atoms with van der Waals surface area (Å²) in [5, 5.41) is 0. The topological polar surface area (TPSA) is 56.8 Å². The zero-order valence-corrected chi connectivity index (χ0v) is 10.2. The second kappa shape index (κ2) is 4.51. The van der Waals surface area contributed by atoms with Crippen molar-refractivity contribution in [3.8, 4) is 0 Å². The number of hydrogen-bond donors (Lipinski definition) is 1. The normalized spacial score (nSPS) is 36.4. The number of fused-ring (bicyclic) bond motifs is 1. The Balaban J connectivity index is 0.000000963. The molecular weight excluding hydrogens is 228 g/mol. The quantitative estimate of drug-likeness (QED) is 0.704. The first-order chi connectivity index (χ1) is 7.27. The molecule has 1 saturated heterocycles. The van der Waals surface area contributed by atoms with E-state index in [4.69, 9.17) is 15.2 Å². The molecule has 2 atom stereocenters. The molecule has 92 valence electrons. The molecule has 1 saturated carbocycles. The maximum atomic E-state index is 5.80. The molecule has 3 rings (SSSR count). The lowest BCUT2D eigenvalue weighted by atomic mass is 9.77. The SMILES string of the molecule is Cl.NC1=NC2CC3(CCC2CC1)OCCO3. The fourth-order valence-electron chi connectivity index (χ4n) is 3.04. The summed E-state index contributed by atoms with van der Waals surface area (Å²) in [4.78, 5) is 4.56. The van der Waals surface area contributed by atoms with Crippen LogP contribution >= 0.6 is 12.4 Å². The highest BCUT2D eigenvalue weighted by Gasteiger charge is 2.45. The van der Waals surface area contributed by atoms with Crippen LogP contribution in [0.1, 0.15) is 32.1 Å². The average molecular weight is 247 g/mol. The second-order valence-electron chi connectivity index (χ2n) is 4.84. The molecule has 1 aliphatic carbocycles. The van der Waals surface area contributed by atoms with E-state index in [0.29, 0.717) is 12.0 Å². The molecule has 16 heavy (non-hydrogen) atoms. The number of amidine groups is 1. The van der Waals surface area contributed by atoms with Crippen molar-refractivity contribution in [2.75, 3.05) is 13.2 Å². The standard InChI is InChI=1S/C11H18N2O2.ClH/c12-10-2-1-8-3-4-11(7-9(8)13-10)14-5-6-15-11;/h8-9H,1-7H2,(H2,12,13);1H. The van der Waals surface area contributed by atoms with Gasteiger partial charge in [0.05, 0.1) is 25.1 Å². The molecular formula is C11H19ClN2O2. The molecule has 2 fully saturated rings. The van der Waals surface area contributed by atoms with E-state index in [1.807, 2.05) is 0 Å². The van der Waals surface area contributed by atoms with Crippen molar-refractivity contribution >= 4 is 18.2 Å². The largest absolute Gasteiger partial charge is 0.387 e. The minimum atomic E-state index is -0.317. The highest BCUT2D eigenvalue weighted by Crippen LogP contribution is 2.42. The Bertz CT molecular complexity index is 290. The van der Waals surface area contributed by atoms with Gasteiger partial charge in [-0.25, -0.2) is 0 Å². The fourth-order valence-corrected chi connectivity index (χ4v) is 3.04. The smallest absolute Gasteiger partial charge is 0.170 e. The van der Waals surface area contributed by atoms with Gasteiger partial charge >= 0.3 is 0 Å². The Morgan fingerprint density at radius 3 is 2.75 bits per heavy atom. The molecule has 4 nitrogen and oxygen atoms in total. The Morgan fingerprint density at radius 2 is 2.00 bits per heavy atom. The zero-order chi connectivity index (χ0) is 10.3. The van der Waals surface area contributed by atoms with Crippen LogP contribution in [0.2, 0.25) is 0 Å². The molecule has 0 amide bonds. The van der Waals surface area contributed by atoms with Gasteiger partial charge in [0, 0.05) is 19.3 Å². The molecule has 0 aromatic heterocycles. The predicted octanol–water partition coefficient (Wildman–Crippen LogP) is 1.47. The van der Waals surface area contributed by atoms with Crippen molar-refractivity contribution in [2.24, 2.45) is 16.6 Å².